The highest BCUT2D eigenvalue weighted by Gasteiger charge is 2.63. The fourth-order valence-electron chi connectivity index (χ4n) is 6.90. The first-order chi connectivity index (χ1) is 21.3. The molecule has 0 saturated heterocycles. The summed E-state index contributed by atoms with van der Waals surface area (Å²) < 4.78 is 26.1. The summed E-state index contributed by atoms with van der Waals surface area (Å²) in [6.45, 7) is 0. The standard InChI is InChI=1S/C36H24Br2FNO4/c1-43-34(41)32-33(35(42)44-2)40-30-6-4-3-5-25(30)21(10-7-20-8-13-24(39)14-9-20)17-31(40)36(32)28-18-22(37)11-15-26(28)27-16-12-23(38)19-29(27)36/h3-19,31H,1-2H3/b10-7+. The van der Waals surface area contributed by atoms with Crippen molar-refractivity contribution in [3.63, 3.8) is 0 Å². The number of halogens is 3. The minimum atomic E-state index is -1.14. The Morgan fingerprint density at radius 3 is 2.02 bits per heavy atom. The zero-order valence-electron chi connectivity index (χ0n) is 23.6. The van der Waals surface area contributed by atoms with Gasteiger partial charge in [0, 0.05) is 20.2 Å². The number of carbonyl (C=O) groups is 2. The number of ether oxygens (including phenoxy) is 2. The number of nitrogens with zero attached hydrogens (tertiary/aromatic N) is 1. The van der Waals surface area contributed by atoms with Crippen LogP contribution in [-0.2, 0) is 24.5 Å². The van der Waals surface area contributed by atoms with Gasteiger partial charge in [0.05, 0.1) is 31.2 Å². The van der Waals surface area contributed by atoms with E-state index in [1.165, 1.54) is 26.4 Å². The fourth-order valence-corrected chi connectivity index (χ4v) is 7.62. The number of carbonyl (C=O) groups excluding carboxylic acids is 2. The molecule has 4 aromatic rings. The zero-order chi connectivity index (χ0) is 30.7. The van der Waals surface area contributed by atoms with Gasteiger partial charge in [0.15, 0.2) is 0 Å². The third kappa shape index (κ3) is 4.08. The minimum Gasteiger partial charge on any atom is -0.466 e. The number of benzene rings is 4. The van der Waals surface area contributed by atoms with Crippen molar-refractivity contribution in [1.82, 2.24) is 0 Å². The Balaban J connectivity index is 1.60. The second kappa shape index (κ2) is 10.7. The topological polar surface area (TPSA) is 55.8 Å². The van der Waals surface area contributed by atoms with Gasteiger partial charge in [-0.2, -0.15) is 0 Å². The van der Waals surface area contributed by atoms with Crippen LogP contribution in [-0.4, -0.2) is 32.2 Å². The predicted octanol–water partition coefficient (Wildman–Crippen LogP) is 8.22. The molecule has 218 valence electrons. The smallest absolute Gasteiger partial charge is 0.355 e. The molecule has 0 saturated carbocycles. The molecule has 0 fully saturated rings. The monoisotopic (exact) mass is 711 g/mol. The second-order valence-electron chi connectivity index (χ2n) is 10.7. The Labute approximate surface area is 270 Å². The molecule has 2 aliphatic heterocycles. The molecule has 0 aromatic heterocycles. The van der Waals surface area contributed by atoms with E-state index in [1.807, 2.05) is 77.7 Å². The van der Waals surface area contributed by atoms with Crippen LogP contribution in [0.2, 0.25) is 0 Å². The molecule has 2 heterocycles. The number of esters is 2. The van der Waals surface area contributed by atoms with Crippen LogP contribution in [0.15, 0.2) is 117 Å². The van der Waals surface area contributed by atoms with Crippen molar-refractivity contribution in [2.45, 2.75) is 11.5 Å². The van der Waals surface area contributed by atoms with E-state index in [0.717, 1.165) is 53.6 Å². The third-order valence-electron chi connectivity index (χ3n) is 8.60. The van der Waals surface area contributed by atoms with E-state index >= 15 is 0 Å². The number of anilines is 1. The van der Waals surface area contributed by atoms with Crippen molar-refractivity contribution >= 4 is 61.1 Å². The van der Waals surface area contributed by atoms with Crippen molar-refractivity contribution < 1.29 is 23.5 Å². The number of para-hydroxylation sites is 1. The van der Waals surface area contributed by atoms with Gasteiger partial charge in [-0.05, 0) is 75.9 Å². The van der Waals surface area contributed by atoms with Gasteiger partial charge in [-0.25, -0.2) is 14.0 Å². The summed E-state index contributed by atoms with van der Waals surface area (Å²) >= 11 is 7.34. The normalized spacial score (nSPS) is 17.2. The van der Waals surface area contributed by atoms with E-state index in [-0.39, 0.29) is 17.1 Å². The Morgan fingerprint density at radius 2 is 1.41 bits per heavy atom. The molecule has 3 aliphatic rings. The molecule has 1 spiro atoms. The molecule has 0 bridgehead atoms. The molecule has 1 atom stereocenters. The summed E-state index contributed by atoms with van der Waals surface area (Å²) in [6.07, 6.45) is 6.02. The minimum absolute atomic E-state index is 0.133. The summed E-state index contributed by atoms with van der Waals surface area (Å²) in [7, 11) is 2.64. The van der Waals surface area contributed by atoms with E-state index in [1.54, 1.807) is 12.1 Å². The highest BCUT2D eigenvalue weighted by Crippen LogP contribution is 2.63. The molecule has 0 amide bonds. The van der Waals surface area contributed by atoms with E-state index in [4.69, 9.17) is 9.47 Å². The van der Waals surface area contributed by atoms with Crippen molar-refractivity contribution in [3.8, 4) is 11.1 Å². The molecular weight excluding hydrogens is 689 g/mol. The summed E-state index contributed by atoms with van der Waals surface area (Å²) in [5.74, 6) is -1.56. The molecule has 1 unspecified atom stereocenters. The lowest BCUT2D eigenvalue weighted by Crippen LogP contribution is -2.46. The Morgan fingerprint density at radius 1 is 0.795 bits per heavy atom. The largest absolute Gasteiger partial charge is 0.466 e. The molecule has 4 aromatic carbocycles. The molecule has 44 heavy (non-hydrogen) atoms. The lowest BCUT2D eigenvalue weighted by Gasteiger charge is -2.41. The quantitative estimate of drug-likeness (QED) is 0.200. The van der Waals surface area contributed by atoms with Gasteiger partial charge in [-0.3, -0.25) is 0 Å². The predicted molar refractivity (Wildman–Crippen MR) is 175 cm³/mol. The molecular formula is C36H24Br2FNO4. The first kappa shape index (κ1) is 28.5. The average Bonchev–Trinajstić information content (AvgIpc) is 3.49. The number of hydrogen-bond donors (Lipinski definition) is 0. The van der Waals surface area contributed by atoms with E-state index in [2.05, 4.69) is 37.9 Å². The first-order valence-corrected chi connectivity index (χ1v) is 15.4. The van der Waals surface area contributed by atoms with Gasteiger partial charge >= 0.3 is 11.9 Å². The maximum absolute atomic E-state index is 14.1. The Bertz CT molecular complexity index is 1930. The molecule has 0 N–H and O–H groups in total. The van der Waals surface area contributed by atoms with Crippen LogP contribution < -0.4 is 4.90 Å². The van der Waals surface area contributed by atoms with Gasteiger partial charge in [0.25, 0.3) is 0 Å². The number of fused-ring (bicyclic) bond motifs is 9. The Hall–Kier alpha value is -4.27. The zero-order valence-corrected chi connectivity index (χ0v) is 26.8. The fraction of sp³-hybridized carbons (Fsp3) is 0.111. The van der Waals surface area contributed by atoms with Crippen molar-refractivity contribution in [2.75, 3.05) is 19.1 Å². The Kier molecular flexibility index (Phi) is 6.94. The summed E-state index contributed by atoms with van der Waals surface area (Å²) in [5, 5.41) is 0. The number of allylic oxidation sites excluding steroid dienone is 2. The van der Waals surface area contributed by atoms with E-state index < -0.39 is 23.4 Å². The highest BCUT2D eigenvalue weighted by atomic mass is 79.9. The molecule has 5 nitrogen and oxygen atoms in total. The van der Waals surface area contributed by atoms with Gasteiger partial charge in [-0.1, -0.05) is 92.6 Å². The van der Waals surface area contributed by atoms with Crippen molar-refractivity contribution in [3.05, 3.63) is 145 Å². The third-order valence-corrected chi connectivity index (χ3v) is 9.59. The van der Waals surface area contributed by atoms with Crippen LogP contribution >= 0.6 is 31.9 Å². The highest BCUT2D eigenvalue weighted by molar-refractivity contribution is 9.10. The van der Waals surface area contributed by atoms with Crippen LogP contribution in [0.25, 0.3) is 22.8 Å². The van der Waals surface area contributed by atoms with Gasteiger partial charge < -0.3 is 14.4 Å². The number of rotatable bonds is 4. The van der Waals surface area contributed by atoms with Crippen molar-refractivity contribution in [1.29, 1.82) is 0 Å². The molecule has 1 aliphatic carbocycles. The van der Waals surface area contributed by atoms with Gasteiger partial charge in [0.2, 0.25) is 0 Å². The molecule has 8 heteroatoms. The molecule has 0 radical (unpaired) electrons. The lowest BCUT2D eigenvalue weighted by atomic mass is 9.67. The maximum Gasteiger partial charge on any atom is 0.355 e. The second-order valence-corrected chi connectivity index (χ2v) is 12.6. The summed E-state index contributed by atoms with van der Waals surface area (Å²) in [5.41, 5.74) is 6.19. The maximum atomic E-state index is 14.1. The first-order valence-electron chi connectivity index (χ1n) is 13.9. The molecule has 7 rings (SSSR count). The van der Waals surface area contributed by atoms with Crippen molar-refractivity contribution in [2.24, 2.45) is 0 Å². The van der Waals surface area contributed by atoms with Crippen LogP contribution in [0.1, 0.15) is 22.3 Å². The van der Waals surface area contributed by atoms with Crippen LogP contribution in [0.5, 0.6) is 0 Å². The number of hydrogen-bond acceptors (Lipinski definition) is 5. The van der Waals surface area contributed by atoms with Crippen LogP contribution in [0.4, 0.5) is 10.1 Å². The van der Waals surface area contributed by atoms with Crippen LogP contribution in [0.3, 0.4) is 0 Å². The van der Waals surface area contributed by atoms with Gasteiger partial charge in [-0.15, -0.1) is 0 Å². The average molecular weight is 713 g/mol. The number of methoxy groups -OCH3 is 2. The SMILES string of the molecule is COC(=O)C1=C(C(=O)OC)C2(c3cc(Br)ccc3-c3ccc(Br)cc32)C2C=C(/C=C/c3ccc(F)cc3)c3ccccc3N12. The van der Waals surface area contributed by atoms with E-state index in [9.17, 15) is 14.0 Å². The lowest BCUT2D eigenvalue weighted by molar-refractivity contribution is -0.139. The summed E-state index contributed by atoms with van der Waals surface area (Å²) in [4.78, 5) is 29.8. The van der Waals surface area contributed by atoms with E-state index in [0.29, 0.717) is 0 Å². The summed E-state index contributed by atoms with van der Waals surface area (Å²) in [6, 6.07) is 25.5. The van der Waals surface area contributed by atoms with Gasteiger partial charge in [0.1, 0.15) is 11.5 Å². The van der Waals surface area contributed by atoms with Crippen LogP contribution in [0, 0.1) is 5.82 Å².